The first-order valence-corrected chi connectivity index (χ1v) is 16.2. The maximum absolute atomic E-state index is 14.1. The van der Waals surface area contributed by atoms with Crippen molar-refractivity contribution in [3.05, 3.63) is 93.2 Å². The predicted octanol–water partition coefficient (Wildman–Crippen LogP) is 9.09. The maximum atomic E-state index is 14.1. The zero-order valence-electron chi connectivity index (χ0n) is 27.4. The highest BCUT2D eigenvalue weighted by Gasteiger charge is 2.40. The van der Waals surface area contributed by atoms with Crippen molar-refractivity contribution in [2.75, 3.05) is 13.1 Å². The molecular formula is C36H38F6N4O2. The summed E-state index contributed by atoms with van der Waals surface area (Å²) in [5, 5.41) is 1.07. The fourth-order valence-electron chi connectivity index (χ4n) is 6.56. The number of pyridine rings is 2. The number of carbonyl (C=O) groups is 2. The summed E-state index contributed by atoms with van der Waals surface area (Å²) >= 11 is 0. The molecule has 0 bridgehead atoms. The zero-order valence-corrected chi connectivity index (χ0v) is 27.4. The minimum absolute atomic E-state index is 0.0299. The van der Waals surface area contributed by atoms with Crippen LogP contribution < -0.4 is 0 Å². The van der Waals surface area contributed by atoms with Gasteiger partial charge in [-0.15, -0.1) is 0 Å². The standard InChI is InChI=1S/C36H38F6N4O2/c1-5-7-11-23-17-26(21(3)44-33(23)36(40,41)42)32(47)27-18-30(35(37,38)39)43-22(4)31(27)34(48)46-16-14-24(19-46)28-20-45(15-8-6-2)29-13-10-9-12-25(28)29/h9-10,12-13,17-18,20,24H,5-8,11,14-16,19H2,1-4H3. The lowest BCUT2D eigenvalue weighted by atomic mass is 9.93. The van der Waals surface area contributed by atoms with Crippen molar-refractivity contribution in [1.82, 2.24) is 19.4 Å². The van der Waals surface area contributed by atoms with Gasteiger partial charge in [-0.25, -0.2) is 9.97 Å². The highest BCUT2D eigenvalue weighted by molar-refractivity contribution is 6.16. The summed E-state index contributed by atoms with van der Waals surface area (Å²) in [6.45, 7) is 7.76. The smallest absolute Gasteiger partial charge is 0.347 e. The number of para-hydroxylation sites is 1. The molecular weight excluding hydrogens is 634 g/mol. The second-order valence-corrected chi connectivity index (χ2v) is 12.5. The topological polar surface area (TPSA) is 68.1 Å². The van der Waals surface area contributed by atoms with E-state index < -0.39 is 41.0 Å². The normalized spacial score (nSPS) is 15.5. The monoisotopic (exact) mass is 672 g/mol. The van der Waals surface area contributed by atoms with Crippen molar-refractivity contribution in [2.45, 2.75) is 91.0 Å². The molecule has 12 heteroatoms. The summed E-state index contributed by atoms with van der Waals surface area (Å²) in [6, 6.07) is 9.59. The lowest BCUT2D eigenvalue weighted by Gasteiger charge is -2.21. The molecule has 1 aliphatic rings. The molecule has 48 heavy (non-hydrogen) atoms. The molecule has 256 valence electrons. The van der Waals surface area contributed by atoms with Crippen molar-refractivity contribution in [2.24, 2.45) is 0 Å². The number of benzene rings is 1. The maximum Gasteiger partial charge on any atom is 0.433 e. The second kappa shape index (κ2) is 13.7. The molecule has 1 amide bonds. The first kappa shape index (κ1) is 35.1. The molecule has 1 aromatic carbocycles. The molecule has 3 aromatic heterocycles. The highest BCUT2D eigenvalue weighted by Crippen LogP contribution is 2.37. The van der Waals surface area contributed by atoms with Gasteiger partial charge in [0.05, 0.1) is 11.3 Å². The van der Waals surface area contributed by atoms with E-state index in [4.69, 9.17) is 0 Å². The Morgan fingerprint density at radius 2 is 1.60 bits per heavy atom. The number of nitrogens with zero attached hydrogens (tertiary/aromatic N) is 4. The molecule has 1 aliphatic heterocycles. The Hall–Kier alpha value is -4.22. The number of aromatic nitrogens is 3. The number of amides is 1. The molecule has 4 aromatic rings. The molecule has 6 nitrogen and oxygen atoms in total. The number of ketones is 1. The number of halogens is 6. The van der Waals surface area contributed by atoms with Crippen LogP contribution in [0.5, 0.6) is 0 Å². The Morgan fingerprint density at radius 1 is 0.896 bits per heavy atom. The Kier molecular flexibility index (Phi) is 10.0. The van der Waals surface area contributed by atoms with Crippen LogP contribution in [0, 0.1) is 13.8 Å². The van der Waals surface area contributed by atoms with E-state index in [1.807, 2.05) is 24.3 Å². The summed E-state index contributed by atoms with van der Waals surface area (Å²) in [5.41, 5.74) is -2.32. The van der Waals surface area contributed by atoms with Crippen molar-refractivity contribution < 1.29 is 35.9 Å². The van der Waals surface area contributed by atoms with Gasteiger partial charge in [0.25, 0.3) is 5.91 Å². The van der Waals surface area contributed by atoms with Crippen molar-refractivity contribution in [3.8, 4) is 0 Å². The van der Waals surface area contributed by atoms with Gasteiger partial charge in [0.2, 0.25) is 0 Å². The molecule has 0 radical (unpaired) electrons. The molecule has 1 unspecified atom stereocenters. The minimum Gasteiger partial charge on any atom is -0.347 e. The first-order valence-electron chi connectivity index (χ1n) is 16.2. The third-order valence-electron chi connectivity index (χ3n) is 9.04. The van der Waals surface area contributed by atoms with E-state index in [-0.39, 0.29) is 47.0 Å². The van der Waals surface area contributed by atoms with Crippen LogP contribution in [0.15, 0.2) is 42.6 Å². The molecule has 4 heterocycles. The summed E-state index contributed by atoms with van der Waals surface area (Å²) in [6.07, 6.45) is -4.07. The quantitative estimate of drug-likeness (QED) is 0.125. The molecule has 5 rings (SSSR count). The van der Waals surface area contributed by atoms with Crippen molar-refractivity contribution >= 4 is 22.6 Å². The van der Waals surface area contributed by atoms with Gasteiger partial charge >= 0.3 is 12.4 Å². The van der Waals surface area contributed by atoms with E-state index in [0.29, 0.717) is 31.9 Å². The molecule has 0 aliphatic carbocycles. The Bertz CT molecular complexity index is 1840. The Morgan fingerprint density at radius 3 is 2.27 bits per heavy atom. The summed E-state index contributed by atoms with van der Waals surface area (Å²) < 4.78 is 85.6. The average Bonchev–Trinajstić information content (AvgIpc) is 3.66. The largest absolute Gasteiger partial charge is 0.433 e. The van der Waals surface area contributed by atoms with Gasteiger partial charge in [-0.2, -0.15) is 26.3 Å². The lowest BCUT2D eigenvalue weighted by Crippen LogP contribution is -2.31. The van der Waals surface area contributed by atoms with E-state index in [2.05, 4.69) is 27.7 Å². The van der Waals surface area contributed by atoms with E-state index in [1.54, 1.807) is 6.92 Å². The van der Waals surface area contributed by atoms with Crippen molar-refractivity contribution in [3.63, 3.8) is 0 Å². The van der Waals surface area contributed by atoms with Gasteiger partial charge in [-0.05, 0) is 68.9 Å². The van der Waals surface area contributed by atoms with Crippen LogP contribution in [-0.2, 0) is 25.3 Å². The molecule has 1 atom stereocenters. The average molecular weight is 673 g/mol. The van der Waals surface area contributed by atoms with Crippen LogP contribution in [0.4, 0.5) is 26.3 Å². The third kappa shape index (κ3) is 6.98. The Balaban J connectivity index is 1.55. The van der Waals surface area contributed by atoms with E-state index in [9.17, 15) is 35.9 Å². The van der Waals surface area contributed by atoms with Gasteiger partial charge in [-0.1, -0.05) is 44.9 Å². The zero-order chi connectivity index (χ0) is 35.0. The van der Waals surface area contributed by atoms with Gasteiger partial charge in [0.15, 0.2) is 5.78 Å². The van der Waals surface area contributed by atoms with Crippen LogP contribution in [0.3, 0.4) is 0 Å². The summed E-state index contributed by atoms with van der Waals surface area (Å²) in [5.74, 6) is -1.72. The van der Waals surface area contributed by atoms with Crippen LogP contribution >= 0.6 is 0 Å². The number of aryl methyl sites for hydroxylation is 4. The highest BCUT2D eigenvalue weighted by atomic mass is 19.4. The molecule has 1 fully saturated rings. The van der Waals surface area contributed by atoms with Crippen LogP contribution in [0.1, 0.15) is 112 Å². The third-order valence-corrected chi connectivity index (χ3v) is 9.04. The van der Waals surface area contributed by atoms with Crippen molar-refractivity contribution in [1.29, 1.82) is 0 Å². The molecule has 0 saturated carbocycles. The second-order valence-electron chi connectivity index (χ2n) is 12.5. The fourth-order valence-corrected chi connectivity index (χ4v) is 6.56. The summed E-state index contributed by atoms with van der Waals surface area (Å²) in [4.78, 5) is 37.1. The van der Waals surface area contributed by atoms with Gasteiger partial charge in [-0.3, -0.25) is 9.59 Å². The van der Waals surface area contributed by atoms with Gasteiger partial charge < -0.3 is 9.47 Å². The molecule has 0 N–H and O–H groups in total. The van der Waals surface area contributed by atoms with Gasteiger partial charge in [0.1, 0.15) is 11.4 Å². The van der Waals surface area contributed by atoms with Crippen LogP contribution in [0.25, 0.3) is 10.9 Å². The van der Waals surface area contributed by atoms with E-state index >= 15 is 0 Å². The number of fused-ring (bicyclic) bond motifs is 1. The number of carbonyl (C=O) groups excluding carboxylic acids is 2. The minimum atomic E-state index is -4.94. The van der Waals surface area contributed by atoms with E-state index in [1.165, 1.54) is 18.7 Å². The number of unbranched alkanes of at least 4 members (excludes halogenated alkanes) is 2. The molecule has 1 saturated heterocycles. The lowest BCUT2D eigenvalue weighted by molar-refractivity contribution is -0.142. The first-order chi connectivity index (χ1) is 22.6. The number of likely N-dealkylation sites (tertiary alicyclic amines) is 1. The SMILES string of the molecule is CCCCc1cc(C(=O)c2cc(C(F)(F)F)nc(C)c2C(=O)N2CCC(c3cn(CCCC)c4ccccc34)C2)c(C)nc1C(F)(F)F. The number of rotatable bonds is 10. The van der Waals surface area contributed by atoms with Crippen LogP contribution in [0.2, 0.25) is 0 Å². The summed E-state index contributed by atoms with van der Waals surface area (Å²) in [7, 11) is 0. The van der Waals surface area contributed by atoms with Crippen LogP contribution in [-0.4, -0.2) is 44.2 Å². The van der Waals surface area contributed by atoms with E-state index in [0.717, 1.165) is 41.9 Å². The number of alkyl halides is 6. The predicted molar refractivity (Wildman–Crippen MR) is 170 cm³/mol. The van der Waals surface area contributed by atoms with Gasteiger partial charge in [0, 0.05) is 59.5 Å². The fraction of sp³-hybridized carbons (Fsp3) is 0.444. The number of hydrogen-bond acceptors (Lipinski definition) is 4. The Labute approximate surface area is 275 Å². The number of hydrogen-bond donors (Lipinski definition) is 0. The molecule has 0 spiro atoms.